The van der Waals surface area contributed by atoms with Crippen molar-refractivity contribution in [1.29, 1.82) is 0 Å². The van der Waals surface area contributed by atoms with Gasteiger partial charge in [-0.3, -0.25) is 14.8 Å². The number of alkyl halides is 1. The molecule has 0 radical (unpaired) electrons. The molecule has 1 saturated heterocycles. The standard InChI is InChI=1S/C13H20ClN3/c1-12-8-13(10-15-9-12)11-17-6-4-16(3-2-14)5-7-17/h8-10H,2-7,11H2,1H3. The van der Waals surface area contributed by atoms with Gasteiger partial charge in [-0.2, -0.15) is 0 Å². The molecule has 1 aromatic heterocycles. The van der Waals surface area contributed by atoms with E-state index < -0.39 is 0 Å². The van der Waals surface area contributed by atoms with E-state index in [0.29, 0.717) is 0 Å². The third kappa shape index (κ3) is 3.95. The van der Waals surface area contributed by atoms with Gasteiger partial charge in [0.15, 0.2) is 0 Å². The molecule has 1 aliphatic heterocycles. The molecule has 3 nitrogen and oxygen atoms in total. The number of hydrogen-bond acceptors (Lipinski definition) is 3. The number of halogens is 1. The minimum atomic E-state index is 0.738. The van der Waals surface area contributed by atoms with Crippen LogP contribution >= 0.6 is 11.6 Å². The average Bonchev–Trinajstić information content (AvgIpc) is 2.32. The van der Waals surface area contributed by atoms with Crippen LogP contribution in [0.2, 0.25) is 0 Å². The normalized spacial score (nSPS) is 18.5. The van der Waals surface area contributed by atoms with Crippen LogP contribution in [0.15, 0.2) is 18.5 Å². The molecule has 1 aromatic rings. The van der Waals surface area contributed by atoms with E-state index in [1.54, 1.807) is 0 Å². The summed E-state index contributed by atoms with van der Waals surface area (Å²) in [6, 6.07) is 2.22. The molecule has 0 amide bonds. The maximum Gasteiger partial charge on any atom is 0.0351 e. The lowest BCUT2D eigenvalue weighted by Gasteiger charge is -2.34. The van der Waals surface area contributed by atoms with E-state index in [2.05, 4.69) is 27.8 Å². The van der Waals surface area contributed by atoms with E-state index in [9.17, 15) is 0 Å². The van der Waals surface area contributed by atoms with Crippen LogP contribution in [-0.2, 0) is 6.54 Å². The Labute approximate surface area is 108 Å². The summed E-state index contributed by atoms with van der Waals surface area (Å²) in [6.07, 6.45) is 3.88. The quantitative estimate of drug-likeness (QED) is 0.763. The van der Waals surface area contributed by atoms with E-state index >= 15 is 0 Å². The summed E-state index contributed by atoms with van der Waals surface area (Å²) in [5, 5.41) is 0. The van der Waals surface area contributed by atoms with Gasteiger partial charge in [0.2, 0.25) is 0 Å². The Kier molecular flexibility index (Phi) is 4.77. The first-order chi connectivity index (χ1) is 8.28. The van der Waals surface area contributed by atoms with Gasteiger partial charge in [-0.1, -0.05) is 6.07 Å². The zero-order valence-corrected chi connectivity index (χ0v) is 11.2. The van der Waals surface area contributed by atoms with Crippen molar-refractivity contribution in [2.24, 2.45) is 0 Å². The van der Waals surface area contributed by atoms with E-state index in [1.807, 2.05) is 12.4 Å². The molecule has 0 unspecified atom stereocenters. The average molecular weight is 254 g/mol. The molecule has 1 aliphatic rings. The second-order valence-electron chi connectivity index (χ2n) is 4.68. The van der Waals surface area contributed by atoms with E-state index in [1.165, 1.54) is 11.1 Å². The van der Waals surface area contributed by atoms with Crippen molar-refractivity contribution in [3.8, 4) is 0 Å². The SMILES string of the molecule is Cc1cncc(CN2CCN(CCCl)CC2)c1. The summed E-state index contributed by atoms with van der Waals surface area (Å²) < 4.78 is 0. The van der Waals surface area contributed by atoms with Crippen molar-refractivity contribution in [2.75, 3.05) is 38.6 Å². The molecular formula is C13H20ClN3. The third-order valence-corrected chi connectivity index (χ3v) is 3.37. The molecule has 0 N–H and O–H groups in total. The van der Waals surface area contributed by atoms with Gasteiger partial charge in [0.1, 0.15) is 0 Å². The Bertz CT molecular complexity index is 348. The highest BCUT2D eigenvalue weighted by Crippen LogP contribution is 2.09. The molecule has 0 spiro atoms. The molecule has 0 atom stereocenters. The summed E-state index contributed by atoms with van der Waals surface area (Å²) in [5.41, 5.74) is 2.55. The molecule has 2 heterocycles. The highest BCUT2D eigenvalue weighted by molar-refractivity contribution is 6.18. The van der Waals surface area contributed by atoms with Crippen LogP contribution in [0, 0.1) is 6.92 Å². The van der Waals surface area contributed by atoms with Gasteiger partial charge in [-0.05, 0) is 18.1 Å². The molecule has 1 fully saturated rings. The molecule has 4 heteroatoms. The Hall–Kier alpha value is -0.640. The minimum Gasteiger partial charge on any atom is -0.300 e. The highest BCUT2D eigenvalue weighted by Gasteiger charge is 2.16. The Morgan fingerprint density at radius 1 is 1.18 bits per heavy atom. The number of aryl methyl sites for hydroxylation is 1. The molecule has 0 aromatic carbocycles. The minimum absolute atomic E-state index is 0.738. The van der Waals surface area contributed by atoms with Crippen LogP contribution in [0.25, 0.3) is 0 Å². The molecule has 17 heavy (non-hydrogen) atoms. The highest BCUT2D eigenvalue weighted by atomic mass is 35.5. The smallest absolute Gasteiger partial charge is 0.0351 e. The van der Waals surface area contributed by atoms with Crippen LogP contribution < -0.4 is 0 Å². The number of nitrogens with zero attached hydrogens (tertiary/aromatic N) is 3. The second-order valence-corrected chi connectivity index (χ2v) is 5.06. The van der Waals surface area contributed by atoms with Crippen LogP contribution in [0.3, 0.4) is 0 Å². The first kappa shape index (κ1) is 12.8. The Morgan fingerprint density at radius 2 is 1.88 bits per heavy atom. The summed E-state index contributed by atoms with van der Waals surface area (Å²) in [4.78, 5) is 9.16. The zero-order valence-electron chi connectivity index (χ0n) is 10.4. The molecule has 0 saturated carbocycles. The molecular weight excluding hydrogens is 234 g/mol. The van der Waals surface area contributed by atoms with Gasteiger partial charge in [-0.25, -0.2) is 0 Å². The van der Waals surface area contributed by atoms with Gasteiger partial charge in [0, 0.05) is 57.5 Å². The van der Waals surface area contributed by atoms with Crippen LogP contribution in [-0.4, -0.2) is 53.4 Å². The van der Waals surface area contributed by atoms with Gasteiger partial charge < -0.3 is 0 Å². The molecule has 94 valence electrons. The third-order valence-electron chi connectivity index (χ3n) is 3.20. The van der Waals surface area contributed by atoms with Crippen LogP contribution in [0.1, 0.15) is 11.1 Å². The number of rotatable bonds is 4. The predicted molar refractivity (Wildman–Crippen MR) is 71.4 cm³/mol. The van der Waals surface area contributed by atoms with Gasteiger partial charge in [0.05, 0.1) is 0 Å². The summed E-state index contributed by atoms with van der Waals surface area (Å²) >= 11 is 5.75. The fourth-order valence-corrected chi connectivity index (χ4v) is 2.49. The Balaban J connectivity index is 1.82. The van der Waals surface area contributed by atoms with Gasteiger partial charge in [0.25, 0.3) is 0 Å². The van der Waals surface area contributed by atoms with E-state index in [0.717, 1.165) is 45.1 Å². The first-order valence-electron chi connectivity index (χ1n) is 6.19. The Morgan fingerprint density at radius 3 is 2.53 bits per heavy atom. The molecule has 2 rings (SSSR count). The lowest BCUT2D eigenvalue weighted by Crippen LogP contribution is -2.46. The van der Waals surface area contributed by atoms with Gasteiger partial charge >= 0.3 is 0 Å². The number of hydrogen-bond donors (Lipinski definition) is 0. The van der Waals surface area contributed by atoms with Crippen molar-refractivity contribution >= 4 is 11.6 Å². The fourth-order valence-electron chi connectivity index (χ4n) is 2.25. The number of pyridine rings is 1. The largest absolute Gasteiger partial charge is 0.300 e. The molecule has 0 aliphatic carbocycles. The van der Waals surface area contributed by atoms with Crippen molar-refractivity contribution in [1.82, 2.24) is 14.8 Å². The van der Waals surface area contributed by atoms with Crippen LogP contribution in [0.4, 0.5) is 0 Å². The molecule has 0 bridgehead atoms. The van der Waals surface area contributed by atoms with Crippen molar-refractivity contribution in [3.63, 3.8) is 0 Å². The van der Waals surface area contributed by atoms with E-state index in [-0.39, 0.29) is 0 Å². The maximum atomic E-state index is 5.75. The fraction of sp³-hybridized carbons (Fsp3) is 0.615. The number of piperazine rings is 1. The lowest BCUT2D eigenvalue weighted by molar-refractivity contribution is 0.132. The van der Waals surface area contributed by atoms with Crippen LogP contribution in [0.5, 0.6) is 0 Å². The maximum absolute atomic E-state index is 5.75. The first-order valence-corrected chi connectivity index (χ1v) is 6.72. The van der Waals surface area contributed by atoms with Gasteiger partial charge in [-0.15, -0.1) is 11.6 Å². The summed E-state index contributed by atoms with van der Waals surface area (Å²) in [7, 11) is 0. The lowest BCUT2D eigenvalue weighted by atomic mass is 10.2. The monoisotopic (exact) mass is 253 g/mol. The second kappa shape index (κ2) is 6.34. The topological polar surface area (TPSA) is 19.4 Å². The zero-order chi connectivity index (χ0) is 12.1. The summed E-state index contributed by atoms with van der Waals surface area (Å²) in [5.74, 6) is 0.738. The van der Waals surface area contributed by atoms with Crippen molar-refractivity contribution in [3.05, 3.63) is 29.6 Å². The summed E-state index contributed by atoms with van der Waals surface area (Å²) in [6.45, 7) is 8.65. The number of aromatic nitrogens is 1. The van der Waals surface area contributed by atoms with Crippen molar-refractivity contribution in [2.45, 2.75) is 13.5 Å². The predicted octanol–water partition coefficient (Wildman–Crippen LogP) is 1.75. The van der Waals surface area contributed by atoms with E-state index in [4.69, 9.17) is 11.6 Å². The van der Waals surface area contributed by atoms with Crippen molar-refractivity contribution < 1.29 is 0 Å².